The van der Waals surface area contributed by atoms with Crippen LogP contribution < -0.4 is 5.69 Å². The molecule has 2 aromatic heterocycles. The molecular formula is C16H23N5O2. The number of hydrogen-bond donors (Lipinski definition) is 1. The molecular weight excluding hydrogens is 294 g/mol. The maximum Gasteiger partial charge on any atom is 0.343 e. The average molecular weight is 317 g/mol. The van der Waals surface area contributed by atoms with Gasteiger partial charge in [0.25, 0.3) is 0 Å². The number of nitrogens with one attached hydrogen (secondary N) is 1. The van der Waals surface area contributed by atoms with Gasteiger partial charge in [0, 0.05) is 45.1 Å². The Bertz CT molecular complexity index is 681. The lowest BCUT2D eigenvalue weighted by atomic mass is 10.1. The Morgan fingerprint density at radius 1 is 1.43 bits per heavy atom. The largest absolute Gasteiger partial charge is 0.380 e. The molecule has 0 aromatic carbocycles. The molecule has 0 radical (unpaired) electrons. The highest BCUT2D eigenvalue weighted by Crippen LogP contribution is 2.31. The molecule has 23 heavy (non-hydrogen) atoms. The zero-order chi connectivity index (χ0) is 16.2. The van der Waals surface area contributed by atoms with E-state index >= 15 is 0 Å². The molecule has 2 aromatic rings. The van der Waals surface area contributed by atoms with Crippen LogP contribution in [-0.4, -0.2) is 51.0 Å². The van der Waals surface area contributed by atoms with Gasteiger partial charge in [0.1, 0.15) is 0 Å². The van der Waals surface area contributed by atoms with Crippen molar-refractivity contribution in [2.24, 2.45) is 0 Å². The summed E-state index contributed by atoms with van der Waals surface area (Å²) in [5, 5.41) is 6.82. The third-order valence-electron chi connectivity index (χ3n) is 4.48. The van der Waals surface area contributed by atoms with E-state index in [4.69, 9.17) is 4.74 Å². The van der Waals surface area contributed by atoms with Crippen LogP contribution >= 0.6 is 0 Å². The molecule has 3 heterocycles. The van der Waals surface area contributed by atoms with Crippen LogP contribution in [0.4, 0.5) is 0 Å². The summed E-state index contributed by atoms with van der Waals surface area (Å²) in [6, 6.07) is 6.06. The molecule has 1 fully saturated rings. The molecule has 0 amide bonds. The van der Waals surface area contributed by atoms with Crippen molar-refractivity contribution in [1.82, 2.24) is 24.6 Å². The monoisotopic (exact) mass is 317 g/mol. The number of rotatable bonds is 6. The van der Waals surface area contributed by atoms with E-state index in [2.05, 4.69) is 20.1 Å². The predicted octanol–water partition coefficient (Wildman–Crippen LogP) is 0.991. The highest BCUT2D eigenvalue weighted by atomic mass is 16.5. The predicted molar refractivity (Wildman–Crippen MR) is 86.2 cm³/mol. The van der Waals surface area contributed by atoms with Gasteiger partial charge in [0.05, 0.1) is 12.1 Å². The first-order chi connectivity index (χ1) is 11.2. The van der Waals surface area contributed by atoms with Crippen LogP contribution in [0, 0.1) is 0 Å². The number of aromatic nitrogens is 4. The molecule has 0 aliphatic carbocycles. The molecule has 124 valence electrons. The van der Waals surface area contributed by atoms with Gasteiger partial charge in [-0.05, 0) is 25.5 Å². The number of pyridine rings is 1. The second-order valence-electron chi connectivity index (χ2n) is 5.81. The van der Waals surface area contributed by atoms with Crippen LogP contribution in [-0.2, 0) is 17.7 Å². The van der Waals surface area contributed by atoms with Crippen LogP contribution in [0.15, 0.2) is 29.2 Å². The van der Waals surface area contributed by atoms with Crippen molar-refractivity contribution in [3.8, 4) is 0 Å². The van der Waals surface area contributed by atoms with Crippen molar-refractivity contribution in [3.63, 3.8) is 0 Å². The molecule has 0 bridgehead atoms. The average Bonchev–Trinajstić information content (AvgIpc) is 3.16. The summed E-state index contributed by atoms with van der Waals surface area (Å²) in [4.78, 5) is 18.6. The van der Waals surface area contributed by atoms with Crippen molar-refractivity contribution in [2.75, 3.05) is 20.2 Å². The Morgan fingerprint density at radius 2 is 2.30 bits per heavy atom. The van der Waals surface area contributed by atoms with Gasteiger partial charge < -0.3 is 4.74 Å². The number of hydrogen-bond acceptors (Lipinski definition) is 5. The van der Waals surface area contributed by atoms with E-state index in [1.165, 1.54) is 0 Å². The van der Waals surface area contributed by atoms with Crippen LogP contribution in [0.25, 0.3) is 0 Å². The third kappa shape index (κ3) is 3.35. The number of ether oxygens (including phenoxy) is 1. The van der Waals surface area contributed by atoms with Crippen molar-refractivity contribution in [2.45, 2.75) is 38.5 Å². The van der Waals surface area contributed by atoms with Gasteiger partial charge >= 0.3 is 5.69 Å². The van der Waals surface area contributed by atoms with Crippen molar-refractivity contribution in [1.29, 1.82) is 0 Å². The van der Waals surface area contributed by atoms with Gasteiger partial charge in [0.15, 0.2) is 5.82 Å². The summed E-state index contributed by atoms with van der Waals surface area (Å²) in [6.07, 6.45) is 3.70. The van der Waals surface area contributed by atoms with Gasteiger partial charge in [-0.3, -0.25) is 14.5 Å². The summed E-state index contributed by atoms with van der Waals surface area (Å²) >= 11 is 0. The standard InChI is InChI=1S/C16H23N5O2/c1-3-21-15(18-19-16(21)22)14-10-13(23-2)11-20(14)9-7-12-6-4-5-8-17-12/h4-6,8,13-14H,3,7,9-11H2,1-2H3,(H,19,22)/t13-,14-/m0/s1. The highest BCUT2D eigenvalue weighted by Gasteiger charge is 2.36. The Balaban J connectivity index is 1.77. The van der Waals surface area contributed by atoms with E-state index in [1.54, 1.807) is 11.7 Å². The van der Waals surface area contributed by atoms with Crippen molar-refractivity contribution >= 4 is 0 Å². The number of likely N-dealkylation sites (tertiary alicyclic amines) is 1. The van der Waals surface area contributed by atoms with E-state index in [1.807, 2.05) is 31.3 Å². The molecule has 0 saturated carbocycles. The molecule has 0 unspecified atom stereocenters. The Labute approximate surface area is 135 Å². The van der Waals surface area contributed by atoms with Gasteiger partial charge in [-0.15, -0.1) is 0 Å². The lowest BCUT2D eigenvalue weighted by Gasteiger charge is -2.23. The number of H-pyrrole nitrogens is 1. The molecule has 1 aliphatic heterocycles. The van der Waals surface area contributed by atoms with E-state index in [-0.39, 0.29) is 17.8 Å². The quantitative estimate of drug-likeness (QED) is 0.860. The normalized spacial score (nSPS) is 21.8. The molecule has 2 atom stereocenters. The zero-order valence-electron chi connectivity index (χ0n) is 13.6. The van der Waals surface area contributed by atoms with Crippen molar-refractivity contribution < 1.29 is 4.74 Å². The molecule has 1 saturated heterocycles. The highest BCUT2D eigenvalue weighted by molar-refractivity contribution is 5.06. The fraction of sp³-hybridized carbons (Fsp3) is 0.562. The summed E-state index contributed by atoms with van der Waals surface area (Å²) in [7, 11) is 1.74. The minimum absolute atomic E-state index is 0.0996. The molecule has 0 spiro atoms. The van der Waals surface area contributed by atoms with Gasteiger partial charge in [0.2, 0.25) is 0 Å². The number of methoxy groups -OCH3 is 1. The summed E-state index contributed by atoms with van der Waals surface area (Å²) in [5.74, 6) is 0.804. The molecule has 1 N–H and O–H groups in total. The fourth-order valence-corrected chi connectivity index (χ4v) is 3.24. The third-order valence-corrected chi connectivity index (χ3v) is 4.48. The maximum absolute atomic E-state index is 11.9. The first-order valence-electron chi connectivity index (χ1n) is 8.04. The van der Waals surface area contributed by atoms with E-state index in [0.29, 0.717) is 6.54 Å². The van der Waals surface area contributed by atoms with Gasteiger partial charge in [-0.25, -0.2) is 9.89 Å². The SMILES string of the molecule is CCn1c([C@@H]2C[C@H](OC)CN2CCc2ccccn2)n[nH]c1=O. The minimum atomic E-state index is -0.145. The van der Waals surface area contributed by atoms with Gasteiger partial charge in [-0.2, -0.15) is 5.10 Å². The molecule has 3 rings (SSSR count). The maximum atomic E-state index is 11.9. The van der Waals surface area contributed by atoms with E-state index in [0.717, 1.165) is 37.4 Å². The molecule has 7 heteroatoms. The Morgan fingerprint density at radius 3 is 3.00 bits per heavy atom. The zero-order valence-corrected chi connectivity index (χ0v) is 13.6. The second kappa shape index (κ2) is 7.06. The smallest absolute Gasteiger partial charge is 0.343 e. The lowest BCUT2D eigenvalue weighted by molar-refractivity contribution is 0.108. The fourth-order valence-electron chi connectivity index (χ4n) is 3.24. The topological polar surface area (TPSA) is 76.0 Å². The second-order valence-corrected chi connectivity index (χ2v) is 5.81. The molecule has 1 aliphatic rings. The lowest BCUT2D eigenvalue weighted by Crippen LogP contribution is -2.30. The van der Waals surface area contributed by atoms with Crippen LogP contribution in [0.3, 0.4) is 0 Å². The first kappa shape index (κ1) is 15.9. The Hall–Kier alpha value is -1.99. The summed E-state index contributed by atoms with van der Waals surface area (Å²) in [5.41, 5.74) is 0.926. The van der Waals surface area contributed by atoms with Crippen molar-refractivity contribution in [3.05, 3.63) is 46.4 Å². The van der Waals surface area contributed by atoms with E-state index in [9.17, 15) is 4.79 Å². The summed E-state index contributed by atoms with van der Waals surface area (Å²) < 4.78 is 7.25. The molecule has 7 nitrogen and oxygen atoms in total. The number of nitrogens with zero attached hydrogens (tertiary/aromatic N) is 4. The summed E-state index contributed by atoms with van der Waals surface area (Å²) in [6.45, 7) is 4.29. The van der Waals surface area contributed by atoms with Crippen LogP contribution in [0.2, 0.25) is 0 Å². The number of aromatic amines is 1. The van der Waals surface area contributed by atoms with Gasteiger partial charge in [-0.1, -0.05) is 6.07 Å². The van der Waals surface area contributed by atoms with Crippen LogP contribution in [0.1, 0.15) is 30.9 Å². The van der Waals surface area contributed by atoms with Crippen LogP contribution in [0.5, 0.6) is 0 Å². The van der Waals surface area contributed by atoms with E-state index < -0.39 is 0 Å². The Kier molecular flexibility index (Phi) is 4.88. The first-order valence-corrected chi connectivity index (χ1v) is 8.04. The minimum Gasteiger partial charge on any atom is -0.380 e.